The summed E-state index contributed by atoms with van der Waals surface area (Å²) in [4.78, 5) is 0. The van der Waals surface area contributed by atoms with Gasteiger partial charge in [-0.05, 0) is 58.8 Å². The molecular formula is C16H28. The van der Waals surface area contributed by atoms with Crippen molar-refractivity contribution in [3.8, 4) is 0 Å². The molecule has 0 heterocycles. The normalized spacial score (nSPS) is 29.1. The van der Waals surface area contributed by atoms with Crippen LogP contribution in [-0.2, 0) is 0 Å². The minimum absolute atomic E-state index is 0. The van der Waals surface area contributed by atoms with Crippen LogP contribution >= 0.6 is 0 Å². The van der Waals surface area contributed by atoms with E-state index in [1.54, 1.807) is 5.57 Å². The van der Waals surface area contributed by atoms with E-state index in [0.29, 0.717) is 5.92 Å². The average molecular weight is 220 g/mol. The van der Waals surface area contributed by atoms with Gasteiger partial charge in [-0.2, -0.15) is 0 Å². The van der Waals surface area contributed by atoms with Gasteiger partial charge in [0.15, 0.2) is 0 Å². The lowest BCUT2D eigenvalue weighted by Crippen LogP contribution is -2.02. The van der Waals surface area contributed by atoms with Crippen molar-refractivity contribution < 1.29 is 0 Å². The monoisotopic (exact) mass is 220 g/mol. The fourth-order valence-corrected chi connectivity index (χ4v) is 2.06. The van der Waals surface area contributed by atoms with Gasteiger partial charge in [0.05, 0.1) is 0 Å². The first-order chi connectivity index (χ1) is 7.09. The van der Waals surface area contributed by atoms with Crippen LogP contribution < -0.4 is 0 Å². The van der Waals surface area contributed by atoms with Crippen molar-refractivity contribution in [1.29, 1.82) is 0 Å². The summed E-state index contributed by atoms with van der Waals surface area (Å²) < 4.78 is 0. The third-order valence-corrected chi connectivity index (χ3v) is 3.37. The Balaban J connectivity index is 0.00000225. The van der Waals surface area contributed by atoms with Crippen LogP contribution in [0.15, 0.2) is 35.5 Å². The van der Waals surface area contributed by atoms with Gasteiger partial charge in [0.2, 0.25) is 0 Å². The molecule has 1 atom stereocenters. The molecule has 16 heavy (non-hydrogen) atoms. The predicted molar refractivity (Wildman–Crippen MR) is 75.6 cm³/mol. The second-order valence-corrected chi connectivity index (χ2v) is 4.96. The molecule has 0 radical (unpaired) electrons. The SMILES string of the molecule is C.C=C(C)[C@@H]1C/C=C(\C)CC/C=C(\C)CC1. The molecule has 0 aromatic carbocycles. The summed E-state index contributed by atoms with van der Waals surface area (Å²) in [6, 6.07) is 0. The van der Waals surface area contributed by atoms with Gasteiger partial charge in [-0.15, -0.1) is 0 Å². The van der Waals surface area contributed by atoms with Crippen LogP contribution in [0.25, 0.3) is 0 Å². The zero-order valence-corrected chi connectivity index (χ0v) is 10.5. The molecule has 0 aliphatic heterocycles. The minimum Gasteiger partial charge on any atom is -0.0998 e. The van der Waals surface area contributed by atoms with Crippen LogP contribution in [0.3, 0.4) is 0 Å². The van der Waals surface area contributed by atoms with Gasteiger partial charge >= 0.3 is 0 Å². The maximum absolute atomic E-state index is 4.11. The van der Waals surface area contributed by atoms with E-state index in [1.165, 1.54) is 43.3 Å². The van der Waals surface area contributed by atoms with Gasteiger partial charge in [0.1, 0.15) is 0 Å². The van der Waals surface area contributed by atoms with E-state index in [4.69, 9.17) is 0 Å². The van der Waals surface area contributed by atoms with E-state index in [9.17, 15) is 0 Å². The van der Waals surface area contributed by atoms with Crippen molar-refractivity contribution in [2.45, 2.75) is 60.3 Å². The highest BCUT2D eigenvalue weighted by molar-refractivity contribution is 5.09. The number of hydrogen-bond acceptors (Lipinski definition) is 0. The quantitative estimate of drug-likeness (QED) is 0.499. The molecule has 0 fully saturated rings. The molecule has 0 saturated heterocycles. The highest BCUT2D eigenvalue weighted by Crippen LogP contribution is 2.25. The number of rotatable bonds is 1. The second-order valence-electron chi connectivity index (χ2n) is 4.96. The van der Waals surface area contributed by atoms with Crippen LogP contribution in [0.1, 0.15) is 60.3 Å². The van der Waals surface area contributed by atoms with Crippen molar-refractivity contribution in [3.05, 3.63) is 35.5 Å². The maximum Gasteiger partial charge on any atom is -0.0171 e. The maximum atomic E-state index is 4.11. The number of hydrogen-bond donors (Lipinski definition) is 0. The molecule has 0 aromatic rings. The van der Waals surface area contributed by atoms with Crippen molar-refractivity contribution in [3.63, 3.8) is 0 Å². The molecule has 0 amide bonds. The largest absolute Gasteiger partial charge is 0.0998 e. The van der Waals surface area contributed by atoms with Crippen molar-refractivity contribution >= 4 is 0 Å². The molecule has 0 saturated carbocycles. The van der Waals surface area contributed by atoms with E-state index in [1.807, 2.05) is 0 Å². The molecule has 92 valence electrons. The zero-order valence-electron chi connectivity index (χ0n) is 10.5. The summed E-state index contributed by atoms with van der Waals surface area (Å²) in [6.07, 6.45) is 10.9. The van der Waals surface area contributed by atoms with E-state index in [0.717, 1.165) is 0 Å². The Morgan fingerprint density at radius 3 is 2.44 bits per heavy atom. The summed E-state index contributed by atoms with van der Waals surface area (Å²) in [7, 11) is 0. The molecule has 1 rings (SSSR count). The lowest BCUT2D eigenvalue weighted by atomic mass is 9.89. The zero-order chi connectivity index (χ0) is 11.3. The molecule has 0 heteroatoms. The fraction of sp³-hybridized carbons (Fsp3) is 0.625. The first-order valence-corrected chi connectivity index (χ1v) is 6.06. The molecule has 0 aromatic heterocycles. The van der Waals surface area contributed by atoms with Crippen LogP contribution in [0.4, 0.5) is 0 Å². The van der Waals surface area contributed by atoms with Crippen LogP contribution in [-0.4, -0.2) is 0 Å². The Labute approximate surface area is 102 Å². The smallest absolute Gasteiger partial charge is 0.0171 e. The molecule has 0 unspecified atom stereocenters. The van der Waals surface area contributed by atoms with E-state index < -0.39 is 0 Å². The fourth-order valence-electron chi connectivity index (χ4n) is 2.06. The lowest BCUT2D eigenvalue weighted by molar-refractivity contribution is 0.562. The molecule has 0 bridgehead atoms. The molecule has 1 aliphatic rings. The van der Waals surface area contributed by atoms with Gasteiger partial charge in [-0.3, -0.25) is 0 Å². The topological polar surface area (TPSA) is 0 Å². The highest BCUT2D eigenvalue weighted by Gasteiger charge is 2.09. The van der Waals surface area contributed by atoms with Gasteiger partial charge in [-0.1, -0.05) is 42.9 Å². The average Bonchev–Trinajstić information content (AvgIpc) is 2.16. The minimum atomic E-state index is 0. The molecule has 1 aliphatic carbocycles. The van der Waals surface area contributed by atoms with Gasteiger partial charge in [-0.25, -0.2) is 0 Å². The van der Waals surface area contributed by atoms with Crippen molar-refractivity contribution in [2.24, 2.45) is 5.92 Å². The van der Waals surface area contributed by atoms with E-state index in [2.05, 4.69) is 39.5 Å². The third-order valence-electron chi connectivity index (χ3n) is 3.37. The Kier molecular flexibility index (Phi) is 7.12. The summed E-state index contributed by atoms with van der Waals surface area (Å²) in [5.41, 5.74) is 4.43. The molecular weight excluding hydrogens is 192 g/mol. The first-order valence-electron chi connectivity index (χ1n) is 6.06. The van der Waals surface area contributed by atoms with Crippen LogP contribution in [0.2, 0.25) is 0 Å². The van der Waals surface area contributed by atoms with E-state index >= 15 is 0 Å². The Bertz CT molecular complexity index is 278. The third kappa shape index (κ3) is 5.34. The predicted octanol–water partition coefficient (Wildman–Crippen LogP) is 5.67. The Morgan fingerprint density at radius 2 is 1.81 bits per heavy atom. The molecule has 0 nitrogen and oxygen atoms in total. The Morgan fingerprint density at radius 1 is 1.19 bits per heavy atom. The molecule has 0 spiro atoms. The summed E-state index contributed by atoms with van der Waals surface area (Å²) in [5.74, 6) is 0.682. The van der Waals surface area contributed by atoms with Crippen molar-refractivity contribution in [2.75, 3.05) is 0 Å². The summed E-state index contributed by atoms with van der Waals surface area (Å²) >= 11 is 0. The van der Waals surface area contributed by atoms with Crippen LogP contribution in [0.5, 0.6) is 0 Å². The first kappa shape index (κ1) is 15.2. The van der Waals surface area contributed by atoms with Gasteiger partial charge < -0.3 is 0 Å². The van der Waals surface area contributed by atoms with E-state index in [-0.39, 0.29) is 7.43 Å². The summed E-state index contributed by atoms with van der Waals surface area (Å²) in [6.45, 7) is 10.8. The lowest BCUT2D eigenvalue weighted by Gasteiger charge is -2.17. The number of allylic oxidation sites excluding steroid dienone is 5. The standard InChI is InChI=1S/C15H24.CH4/c1-12(2)15-10-8-13(3)6-5-7-14(4)9-11-15;/h6,9,15H,1,5,7-8,10-11H2,2-4H3;1H4/b13-6+,14-9+;/t15-;/m0./s1. The summed E-state index contributed by atoms with van der Waals surface area (Å²) in [5, 5.41) is 0. The second kappa shape index (κ2) is 7.49. The van der Waals surface area contributed by atoms with Gasteiger partial charge in [0.25, 0.3) is 0 Å². The highest BCUT2D eigenvalue weighted by atomic mass is 14.1. The van der Waals surface area contributed by atoms with Crippen LogP contribution in [0, 0.1) is 5.92 Å². The van der Waals surface area contributed by atoms with Gasteiger partial charge in [0, 0.05) is 0 Å². The van der Waals surface area contributed by atoms with Crippen molar-refractivity contribution in [1.82, 2.24) is 0 Å². The Hall–Kier alpha value is -0.780. The molecule has 0 N–H and O–H groups in total.